The van der Waals surface area contributed by atoms with Gasteiger partial charge in [-0.2, -0.15) is 5.10 Å². The largest absolute Gasteiger partial charge is 0.293 e. The van der Waals surface area contributed by atoms with Crippen LogP contribution >= 0.6 is 11.6 Å². The molecule has 8 heteroatoms. The molecule has 3 aromatic rings. The summed E-state index contributed by atoms with van der Waals surface area (Å²) in [4.78, 5) is 16.0. The summed E-state index contributed by atoms with van der Waals surface area (Å²) in [5.74, 6) is 0.151. The van der Waals surface area contributed by atoms with E-state index in [0.29, 0.717) is 30.5 Å². The maximum Gasteiger partial charge on any atom is 0.248 e. The number of aromatic nitrogens is 5. The van der Waals surface area contributed by atoms with E-state index in [1.807, 2.05) is 37.4 Å². The number of halogens is 1. The number of benzene rings is 1. The Morgan fingerprint density at radius 1 is 1.25 bits per heavy atom. The molecule has 0 spiro atoms. The molecule has 3 rings (SSSR count). The van der Waals surface area contributed by atoms with Crippen molar-refractivity contribution in [1.82, 2.24) is 24.5 Å². The van der Waals surface area contributed by atoms with Gasteiger partial charge in [-0.05, 0) is 30.2 Å². The molecule has 0 atom stereocenters. The first-order valence-electron chi connectivity index (χ1n) is 7.51. The standard InChI is InChI=1S/C16H17ClN6O/c1-12-8-19-22(9-12)7-6-15(24)20-16-18-11-23(21-16)10-13-2-4-14(17)5-3-13/h2-5,8-9,11H,6-7,10H2,1H3,(H,20,21,24). The van der Waals surface area contributed by atoms with Gasteiger partial charge in [0.1, 0.15) is 6.33 Å². The summed E-state index contributed by atoms with van der Waals surface area (Å²) in [5.41, 5.74) is 2.12. The molecule has 0 aliphatic carbocycles. The highest BCUT2D eigenvalue weighted by atomic mass is 35.5. The smallest absolute Gasteiger partial charge is 0.248 e. The predicted octanol–water partition coefficient (Wildman–Crippen LogP) is 2.51. The van der Waals surface area contributed by atoms with Gasteiger partial charge in [-0.15, -0.1) is 5.10 Å². The highest BCUT2D eigenvalue weighted by molar-refractivity contribution is 6.30. The zero-order chi connectivity index (χ0) is 16.9. The quantitative estimate of drug-likeness (QED) is 0.745. The maximum atomic E-state index is 11.9. The van der Waals surface area contributed by atoms with Gasteiger partial charge in [-0.25, -0.2) is 9.67 Å². The van der Waals surface area contributed by atoms with Gasteiger partial charge < -0.3 is 0 Å². The first-order valence-corrected chi connectivity index (χ1v) is 7.89. The zero-order valence-corrected chi connectivity index (χ0v) is 13.9. The SMILES string of the molecule is Cc1cnn(CCC(=O)Nc2ncn(Cc3ccc(Cl)cc3)n2)c1. The van der Waals surface area contributed by atoms with Crippen molar-refractivity contribution in [3.8, 4) is 0 Å². The summed E-state index contributed by atoms with van der Waals surface area (Å²) in [6, 6.07) is 7.50. The number of nitrogens with zero attached hydrogens (tertiary/aromatic N) is 5. The van der Waals surface area contributed by atoms with E-state index in [4.69, 9.17) is 11.6 Å². The topological polar surface area (TPSA) is 77.6 Å². The molecule has 0 aliphatic rings. The Kier molecular flexibility index (Phi) is 4.90. The molecule has 2 heterocycles. The Bertz CT molecular complexity index is 823. The van der Waals surface area contributed by atoms with E-state index in [1.54, 1.807) is 21.9 Å². The monoisotopic (exact) mass is 344 g/mol. The van der Waals surface area contributed by atoms with Crippen molar-refractivity contribution in [2.45, 2.75) is 26.4 Å². The van der Waals surface area contributed by atoms with Crippen LogP contribution in [0.4, 0.5) is 5.95 Å². The second-order valence-electron chi connectivity index (χ2n) is 5.47. The van der Waals surface area contributed by atoms with E-state index in [1.165, 1.54) is 0 Å². The van der Waals surface area contributed by atoms with E-state index in [2.05, 4.69) is 20.5 Å². The lowest BCUT2D eigenvalue weighted by atomic mass is 10.2. The number of amides is 1. The molecule has 0 saturated carbocycles. The van der Waals surface area contributed by atoms with Gasteiger partial charge in [-0.1, -0.05) is 23.7 Å². The molecule has 1 N–H and O–H groups in total. The van der Waals surface area contributed by atoms with Crippen molar-refractivity contribution in [3.63, 3.8) is 0 Å². The number of aryl methyl sites for hydroxylation is 2. The highest BCUT2D eigenvalue weighted by Gasteiger charge is 2.07. The normalized spacial score (nSPS) is 10.8. The Balaban J connectivity index is 1.51. The number of anilines is 1. The number of hydrogen-bond acceptors (Lipinski definition) is 4. The lowest BCUT2D eigenvalue weighted by Crippen LogP contribution is -2.16. The predicted molar refractivity (Wildman–Crippen MR) is 90.8 cm³/mol. The van der Waals surface area contributed by atoms with Gasteiger partial charge in [0, 0.05) is 24.2 Å². The van der Waals surface area contributed by atoms with Crippen molar-refractivity contribution < 1.29 is 4.79 Å². The molecule has 0 saturated heterocycles. The Labute approximate surface area is 144 Å². The van der Waals surface area contributed by atoms with Crippen LogP contribution in [0.5, 0.6) is 0 Å². The Morgan fingerprint density at radius 3 is 2.75 bits per heavy atom. The number of carbonyl (C=O) groups is 1. The number of hydrogen-bond donors (Lipinski definition) is 1. The van der Waals surface area contributed by atoms with Crippen molar-refractivity contribution in [2.24, 2.45) is 0 Å². The molecule has 1 aromatic carbocycles. The zero-order valence-electron chi connectivity index (χ0n) is 13.2. The number of nitrogens with one attached hydrogen (secondary N) is 1. The average Bonchev–Trinajstić information content (AvgIpc) is 3.17. The molecule has 0 bridgehead atoms. The molecular weight excluding hydrogens is 328 g/mol. The molecule has 0 unspecified atom stereocenters. The Hall–Kier alpha value is -2.67. The number of rotatable bonds is 6. The summed E-state index contributed by atoms with van der Waals surface area (Å²) in [7, 11) is 0. The van der Waals surface area contributed by atoms with Crippen molar-refractivity contribution >= 4 is 23.5 Å². The van der Waals surface area contributed by atoms with Crippen LogP contribution in [0.15, 0.2) is 43.0 Å². The highest BCUT2D eigenvalue weighted by Crippen LogP contribution is 2.10. The van der Waals surface area contributed by atoms with Crippen LogP contribution in [-0.2, 0) is 17.9 Å². The molecular formula is C16H17ClN6O. The molecule has 7 nitrogen and oxygen atoms in total. The molecule has 2 aromatic heterocycles. The van der Waals surface area contributed by atoms with Gasteiger partial charge in [-0.3, -0.25) is 14.8 Å². The third-order valence-corrected chi connectivity index (χ3v) is 3.63. The van der Waals surface area contributed by atoms with Crippen molar-refractivity contribution in [2.75, 3.05) is 5.32 Å². The van der Waals surface area contributed by atoms with Crippen LogP contribution < -0.4 is 5.32 Å². The summed E-state index contributed by atoms with van der Waals surface area (Å²) < 4.78 is 3.40. The van der Waals surface area contributed by atoms with Crippen LogP contribution in [0.2, 0.25) is 5.02 Å². The second-order valence-corrected chi connectivity index (χ2v) is 5.91. The minimum Gasteiger partial charge on any atom is -0.293 e. The van der Waals surface area contributed by atoms with Crippen LogP contribution in [-0.4, -0.2) is 30.5 Å². The van der Waals surface area contributed by atoms with E-state index in [9.17, 15) is 4.79 Å². The summed E-state index contributed by atoms with van der Waals surface area (Å²) >= 11 is 5.86. The summed E-state index contributed by atoms with van der Waals surface area (Å²) in [6.45, 7) is 3.04. The van der Waals surface area contributed by atoms with E-state index < -0.39 is 0 Å². The second kappa shape index (κ2) is 7.27. The van der Waals surface area contributed by atoms with Crippen molar-refractivity contribution in [1.29, 1.82) is 0 Å². The molecule has 24 heavy (non-hydrogen) atoms. The fourth-order valence-corrected chi connectivity index (χ4v) is 2.32. The molecule has 1 amide bonds. The van der Waals surface area contributed by atoms with Gasteiger partial charge in [0.05, 0.1) is 12.7 Å². The lowest BCUT2D eigenvalue weighted by molar-refractivity contribution is -0.116. The first-order chi connectivity index (χ1) is 11.6. The maximum absolute atomic E-state index is 11.9. The van der Waals surface area contributed by atoms with Crippen molar-refractivity contribution in [3.05, 3.63) is 59.1 Å². The van der Waals surface area contributed by atoms with Crippen LogP contribution in [0.25, 0.3) is 0 Å². The Morgan fingerprint density at radius 2 is 2.04 bits per heavy atom. The van der Waals surface area contributed by atoms with E-state index in [0.717, 1.165) is 11.1 Å². The minimum atomic E-state index is -0.146. The van der Waals surface area contributed by atoms with E-state index >= 15 is 0 Å². The fraction of sp³-hybridized carbons (Fsp3) is 0.250. The van der Waals surface area contributed by atoms with Gasteiger partial charge in [0.2, 0.25) is 11.9 Å². The van der Waals surface area contributed by atoms with Gasteiger partial charge >= 0.3 is 0 Å². The molecule has 0 fully saturated rings. The summed E-state index contributed by atoms with van der Waals surface area (Å²) in [5, 5.41) is 11.8. The van der Waals surface area contributed by atoms with Gasteiger partial charge in [0.15, 0.2) is 0 Å². The van der Waals surface area contributed by atoms with E-state index in [-0.39, 0.29) is 5.91 Å². The first kappa shape index (κ1) is 16.2. The fourth-order valence-electron chi connectivity index (χ4n) is 2.20. The third kappa shape index (κ3) is 4.42. The van der Waals surface area contributed by atoms with Crippen LogP contribution in [0, 0.1) is 6.92 Å². The lowest BCUT2D eigenvalue weighted by Gasteiger charge is -2.02. The number of carbonyl (C=O) groups excluding carboxylic acids is 1. The summed E-state index contributed by atoms with van der Waals surface area (Å²) in [6.07, 6.45) is 5.55. The van der Waals surface area contributed by atoms with Crippen LogP contribution in [0.1, 0.15) is 17.5 Å². The van der Waals surface area contributed by atoms with Gasteiger partial charge in [0.25, 0.3) is 0 Å². The molecule has 0 aliphatic heterocycles. The average molecular weight is 345 g/mol. The minimum absolute atomic E-state index is 0.146. The molecule has 124 valence electrons. The third-order valence-electron chi connectivity index (χ3n) is 3.38. The molecule has 0 radical (unpaired) electrons. The van der Waals surface area contributed by atoms with Crippen LogP contribution in [0.3, 0.4) is 0 Å².